The average molecular weight is 263 g/mol. The highest BCUT2D eigenvalue weighted by Gasteiger charge is 2.23. The average Bonchev–Trinajstić information content (AvgIpc) is 2.93. The van der Waals surface area contributed by atoms with Gasteiger partial charge in [-0.2, -0.15) is 0 Å². The molecule has 1 aliphatic heterocycles. The highest BCUT2D eigenvalue weighted by Crippen LogP contribution is 2.22. The fraction of sp³-hybridized carbons (Fsp3) is 0.533. The van der Waals surface area contributed by atoms with Crippen LogP contribution in [0.1, 0.15) is 29.5 Å². The molecule has 4 nitrogen and oxygen atoms in total. The molecule has 0 bridgehead atoms. The van der Waals surface area contributed by atoms with Crippen LogP contribution in [0.3, 0.4) is 0 Å². The number of carbonyl (C=O) groups excluding carboxylic acids is 1. The predicted molar refractivity (Wildman–Crippen MR) is 73.3 cm³/mol. The fourth-order valence-electron chi connectivity index (χ4n) is 2.34. The van der Waals surface area contributed by atoms with Crippen molar-refractivity contribution in [3.05, 3.63) is 28.8 Å². The van der Waals surface area contributed by atoms with E-state index in [1.165, 1.54) is 0 Å². The number of amides is 1. The molecule has 19 heavy (non-hydrogen) atoms. The summed E-state index contributed by atoms with van der Waals surface area (Å²) in [6, 6.07) is 4.06. The molecule has 104 valence electrons. The molecule has 0 saturated carbocycles. The Morgan fingerprint density at radius 3 is 2.84 bits per heavy atom. The minimum atomic E-state index is -0.264. The summed E-state index contributed by atoms with van der Waals surface area (Å²) in [5, 5.41) is 2.94. The second-order valence-electron chi connectivity index (χ2n) is 4.97. The quantitative estimate of drug-likeness (QED) is 0.905. The first kappa shape index (κ1) is 13.9. The second kappa shape index (κ2) is 6.06. The molecule has 4 heteroatoms. The van der Waals surface area contributed by atoms with Crippen LogP contribution < -0.4 is 10.1 Å². The van der Waals surface area contributed by atoms with Crippen molar-refractivity contribution in [2.75, 3.05) is 13.7 Å². The molecule has 0 spiro atoms. The number of hydrogen-bond acceptors (Lipinski definition) is 3. The van der Waals surface area contributed by atoms with E-state index in [4.69, 9.17) is 9.47 Å². The summed E-state index contributed by atoms with van der Waals surface area (Å²) in [5.74, 6) is 0.872. The van der Waals surface area contributed by atoms with Crippen molar-refractivity contribution in [3.8, 4) is 5.75 Å². The number of carbonyl (C=O) groups is 1. The molecule has 1 aromatic rings. The summed E-state index contributed by atoms with van der Waals surface area (Å²) in [5.41, 5.74) is 3.31. The predicted octanol–water partition coefficient (Wildman–Crippen LogP) is 2.11. The summed E-state index contributed by atoms with van der Waals surface area (Å²) < 4.78 is 10.6. The van der Waals surface area contributed by atoms with Gasteiger partial charge in [-0.25, -0.2) is 0 Å². The van der Waals surface area contributed by atoms with E-state index in [-0.39, 0.29) is 12.0 Å². The number of hydrogen-bond donors (Lipinski definition) is 1. The Hall–Kier alpha value is -1.55. The van der Waals surface area contributed by atoms with Crippen LogP contribution in [-0.2, 0) is 16.1 Å². The third-order valence-electron chi connectivity index (χ3n) is 3.53. The second-order valence-corrected chi connectivity index (χ2v) is 4.97. The Balaban J connectivity index is 1.99. The molecule has 0 radical (unpaired) electrons. The molecule has 1 aromatic carbocycles. The lowest BCUT2D eigenvalue weighted by molar-refractivity contribution is -0.130. The van der Waals surface area contributed by atoms with Gasteiger partial charge in [0.05, 0.1) is 7.11 Å². The Morgan fingerprint density at radius 2 is 2.21 bits per heavy atom. The maximum Gasteiger partial charge on any atom is 0.249 e. The number of ether oxygens (including phenoxy) is 2. The smallest absolute Gasteiger partial charge is 0.249 e. The number of methoxy groups -OCH3 is 1. The normalized spacial score (nSPS) is 18.4. The molecule has 2 rings (SSSR count). The lowest BCUT2D eigenvalue weighted by Crippen LogP contribution is -2.33. The summed E-state index contributed by atoms with van der Waals surface area (Å²) >= 11 is 0. The van der Waals surface area contributed by atoms with E-state index in [2.05, 4.69) is 11.4 Å². The Kier molecular flexibility index (Phi) is 4.43. The molecule has 1 amide bonds. The number of nitrogens with one attached hydrogen (secondary N) is 1. The zero-order valence-corrected chi connectivity index (χ0v) is 11.8. The first-order valence-electron chi connectivity index (χ1n) is 6.65. The van der Waals surface area contributed by atoms with Gasteiger partial charge in [-0.1, -0.05) is 6.07 Å². The molecule has 1 aliphatic rings. The van der Waals surface area contributed by atoms with Crippen LogP contribution >= 0.6 is 0 Å². The van der Waals surface area contributed by atoms with E-state index in [0.717, 1.165) is 35.3 Å². The van der Waals surface area contributed by atoms with Gasteiger partial charge < -0.3 is 14.8 Å². The molecule has 1 saturated heterocycles. The van der Waals surface area contributed by atoms with E-state index in [0.29, 0.717) is 13.2 Å². The van der Waals surface area contributed by atoms with E-state index in [9.17, 15) is 4.79 Å². The zero-order valence-electron chi connectivity index (χ0n) is 11.8. The number of aryl methyl sites for hydroxylation is 2. The number of rotatable bonds is 4. The Bertz CT molecular complexity index is 465. The molecule has 1 atom stereocenters. The standard InChI is InChI=1S/C15H21NO3/c1-10-8-14(18-3)11(2)7-12(10)9-16-15(17)13-5-4-6-19-13/h7-8,13H,4-6,9H2,1-3H3,(H,16,17). The Labute approximate surface area is 114 Å². The summed E-state index contributed by atoms with van der Waals surface area (Å²) in [6.45, 7) is 5.26. The van der Waals surface area contributed by atoms with E-state index >= 15 is 0 Å². The van der Waals surface area contributed by atoms with Gasteiger partial charge in [0.15, 0.2) is 0 Å². The monoisotopic (exact) mass is 263 g/mol. The van der Waals surface area contributed by atoms with E-state index in [1.54, 1.807) is 7.11 Å². The van der Waals surface area contributed by atoms with Gasteiger partial charge in [0.1, 0.15) is 11.9 Å². The third-order valence-corrected chi connectivity index (χ3v) is 3.53. The van der Waals surface area contributed by atoms with Gasteiger partial charge in [0.2, 0.25) is 5.91 Å². The van der Waals surface area contributed by atoms with E-state index < -0.39 is 0 Å². The van der Waals surface area contributed by atoms with Crippen molar-refractivity contribution in [2.45, 2.75) is 39.3 Å². The van der Waals surface area contributed by atoms with Gasteiger partial charge in [-0.3, -0.25) is 4.79 Å². The largest absolute Gasteiger partial charge is 0.496 e. The van der Waals surface area contributed by atoms with Crippen LogP contribution in [0.25, 0.3) is 0 Å². The lowest BCUT2D eigenvalue weighted by Gasteiger charge is -2.14. The molecule has 1 heterocycles. The SMILES string of the molecule is COc1cc(C)c(CNC(=O)C2CCCO2)cc1C. The van der Waals surface area contributed by atoms with Crippen LogP contribution in [0.2, 0.25) is 0 Å². The van der Waals surface area contributed by atoms with Gasteiger partial charge in [0.25, 0.3) is 0 Å². The topological polar surface area (TPSA) is 47.6 Å². The van der Waals surface area contributed by atoms with Crippen molar-refractivity contribution < 1.29 is 14.3 Å². The molecule has 1 fully saturated rings. The zero-order chi connectivity index (χ0) is 13.8. The molecule has 0 aliphatic carbocycles. The summed E-state index contributed by atoms with van der Waals surface area (Å²) in [7, 11) is 1.67. The molecule has 1 N–H and O–H groups in total. The Morgan fingerprint density at radius 1 is 1.42 bits per heavy atom. The molecule has 0 aromatic heterocycles. The van der Waals surface area contributed by atoms with Gasteiger partial charge in [-0.15, -0.1) is 0 Å². The van der Waals surface area contributed by atoms with Crippen LogP contribution in [0.15, 0.2) is 12.1 Å². The number of benzene rings is 1. The highest BCUT2D eigenvalue weighted by atomic mass is 16.5. The van der Waals surface area contributed by atoms with Crippen LogP contribution in [0, 0.1) is 13.8 Å². The molecular weight excluding hydrogens is 242 g/mol. The van der Waals surface area contributed by atoms with Crippen LogP contribution in [0.4, 0.5) is 0 Å². The lowest BCUT2D eigenvalue weighted by atomic mass is 10.0. The van der Waals surface area contributed by atoms with E-state index in [1.807, 2.05) is 19.9 Å². The van der Waals surface area contributed by atoms with Crippen molar-refractivity contribution in [1.82, 2.24) is 5.32 Å². The van der Waals surface area contributed by atoms with Crippen LogP contribution in [0.5, 0.6) is 5.75 Å². The summed E-state index contributed by atoms with van der Waals surface area (Å²) in [4.78, 5) is 11.9. The maximum absolute atomic E-state index is 11.9. The van der Waals surface area contributed by atoms with Crippen molar-refractivity contribution >= 4 is 5.91 Å². The van der Waals surface area contributed by atoms with Gasteiger partial charge in [0, 0.05) is 13.2 Å². The van der Waals surface area contributed by atoms with Crippen molar-refractivity contribution in [1.29, 1.82) is 0 Å². The van der Waals surface area contributed by atoms with Gasteiger partial charge in [-0.05, 0) is 49.4 Å². The first-order valence-corrected chi connectivity index (χ1v) is 6.65. The molecule has 1 unspecified atom stereocenters. The first-order chi connectivity index (χ1) is 9.11. The van der Waals surface area contributed by atoms with Crippen molar-refractivity contribution in [3.63, 3.8) is 0 Å². The third kappa shape index (κ3) is 3.26. The minimum absolute atomic E-state index is 0.00892. The van der Waals surface area contributed by atoms with Crippen LogP contribution in [-0.4, -0.2) is 25.7 Å². The summed E-state index contributed by atoms with van der Waals surface area (Å²) in [6.07, 6.45) is 1.53. The maximum atomic E-state index is 11.9. The fourth-order valence-corrected chi connectivity index (χ4v) is 2.34. The molecular formula is C15H21NO3. The van der Waals surface area contributed by atoms with Crippen molar-refractivity contribution in [2.24, 2.45) is 0 Å². The minimum Gasteiger partial charge on any atom is -0.496 e. The van der Waals surface area contributed by atoms with Gasteiger partial charge >= 0.3 is 0 Å². The highest BCUT2D eigenvalue weighted by molar-refractivity contribution is 5.81.